The Kier molecular flexibility index (Phi) is 5.34. The third-order valence-electron chi connectivity index (χ3n) is 2.42. The second-order valence-corrected chi connectivity index (χ2v) is 5.64. The lowest BCUT2D eigenvalue weighted by Crippen LogP contribution is -2.19. The van der Waals surface area contributed by atoms with Gasteiger partial charge in [-0.3, -0.25) is 4.21 Å². The molecule has 0 aromatic carbocycles. The van der Waals surface area contributed by atoms with Crippen molar-refractivity contribution in [2.24, 2.45) is 0 Å². The molecule has 17 heavy (non-hydrogen) atoms. The molecule has 0 spiro atoms. The number of anilines is 2. The van der Waals surface area contributed by atoms with Gasteiger partial charge in [-0.25, -0.2) is 4.98 Å². The van der Waals surface area contributed by atoms with E-state index in [1.807, 2.05) is 6.92 Å². The van der Waals surface area contributed by atoms with Crippen molar-refractivity contribution in [2.45, 2.75) is 26.3 Å². The van der Waals surface area contributed by atoms with Crippen molar-refractivity contribution in [3.05, 3.63) is 11.8 Å². The first-order valence-electron chi connectivity index (χ1n) is 5.61. The van der Waals surface area contributed by atoms with Crippen molar-refractivity contribution in [3.8, 4) is 0 Å². The van der Waals surface area contributed by atoms with Crippen LogP contribution in [-0.2, 0) is 10.8 Å². The van der Waals surface area contributed by atoms with Crippen LogP contribution >= 0.6 is 0 Å². The third-order valence-corrected chi connectivity index (χ3v) is 3.23. The molecule has 1 aromatic heterocycles. The summed E-state index contributed by atoms with van der Waals surface area (Å²) in [5.41, 5.74) is 1.01. The number of nitrogens with one attached hydrogen (secondary N) is 2. The molecule has 0 amide bonds. The van der Waals surface area contributed by atoms with Crippen molar-refractivity contribution >= 4 is 22.6 Å². The highest BCUT2D eigenvalue weighted by atomic mass is 32.2. The summed E-state index contributed by atoms with van der Waals surface area (Å²) in [5, 5.41) is 6.22. The van der Waals surface area contributed by atoms with E-state index in [-0.39, 0.29) is 6.04 Å². The summed E-state index contributed by atoms with van der Waals surface area (Å²) in [6.45, 7) is 4.03. The number of hydrogen-bond donors (Lipinski definition) is 2. The maximum absolute atomic E-state index is 11.0. The summed E-state index contributed by atoms with van der Waals surface area (Å²) >= 11 is 0. The van der Waals surface area contributed by atoms with E-state index in [0.717, 1.165) is 17.8 Å². The van der Waals surface area contributed by atoms with E-state index in [1.165, 1.54) is 0 Å². The normalized spacial score (nSPS) is 14.1. The Morgan fingerprint density at radius 1 is 1.53 bits per heavy atom. The molecule has 2 atom stereocenters. The van der Waals surface area contributed by atoms with Gasteiger partial charge in [-0.1, -0.05) is 0 Å². The van der Waals surface area contributed by atoms with Crippen LogP contribution in [0.5, 0.6) is 0 Å². The summed E-state index contributed by atoms with van der Waals surface area (Å²) < 4.78 is 11.0. The molecule has 0 bridgehead atoms. The predicted molar refractivity (Wildman–Crippen MR) is 73.0 cm³/mol. The summed E-state index contributed by atoms with van der Waals surface area (Å²) in [6, 6.07) is 0.247. The number of aromatic nitrogens is 2. The number of aryl methyl sites for hydroxylation is 1. The molecule has 0 fully saturated rings. The highest BCUT2D eigenvalue weighted by Gasteiger charge is 2.07. The van der Waals surface area contributed by atoms with Crippen molar-refractivity contribution < 1.29 is 4.21 Å². The van der Waals surface area contributed by atoms with Crippen LogP contribution in [0.1, 0.15) is 18.9 Å². The van der Waals surface area contributed by atoms with Crippen molar-refractivity contribution in [3.63, 3.8) is 0 Å². The lowest BCUT2D eigenvalue weighted by Gasteiger charge is -2.15. The smallest absolute Gasteiger partial charge is 0.224 e. The Morgan fingerprint density at radius 2 is 2.24 bits per heavy atom. The Hall–Kier alpha value is -1.17. The van der Waals surface area contributed by atoms with Gasteiger partial charge in [0.15, 0.2) is 0 Å². The van der Waals surface area contributed by atoms with Crippen molar-refractivity contribution in [1.29, 1.82) is 0 Å². The molecule has 1 rings (SSSR count). The summed E-state index contributed by atoms with van der Waals surface area (Å²) in [6.07, 6.45) is 4.37. The van der Waals surface area contributed by atoms with E-state index in [0.29, 0.717) is 11.7 Å². The van der Waals surface area contributed by atoms with Crippen LogP contribution in [0.2, 0.25) is 0 Å². The lowest BCUT2D eigenvalue weighted by molar-refractivity contribution is 0.678. The maximum atomic E-state index is 11.0. The number of hydrogen-bond acceptors (Lipinski definition) is 5. The molecule has 2 N–H and O–H groups in total. The van der Waals surface area contributed by atoms with Crippen molar-refractivity contribution in [1.82, 2.24) is 9.97 Å². The van der Waals surface area contributed by atoms with Crippen LogP contribution in [0.25, 0.3) is 0 Å². The molecule has 0 saturated heterocycles. The average molecular weight is 256 g/mol. The standard InChI is InChI=1S/C11H20N4OS/c1-8-7-13-11(12-3)15-10(8)14-9(2)5-6-17(4)16/h7,9H,5-6H2,1-4H3,(H2,12,13,14,15). The van der Waals surface area contributed by atoms with Crippen LogP contribution < -0.4 is 10.6 Å². The second-order valence-electron chi connectivity index (χ2n) is 4.09. The number of rotatable bonds is 6. The molecule has 6 heteroatoms. The van der Waals surface area contributed by atoms with E-state index in [1.54, 1.807) is 19.5 Å². The average Bonchev–Trinajstić information content (AvgIpc) is 2.29. The summed E-state index contributed by atoms with van der Waals surface area (Å²) in [4.78, 5) is 8.48. The van der Waals surface area contributed by atoms with Crippen LogP contribution in [0, 0.1) is 6.92 Å². The topological polar surface area (TPSA) is 66.9 Å². The largest absolute Gasteiger partial charge is 0.367 e. The van der Waals surface area contributed by atoms with Crippen LogP contribution in [-0.4, -0.2) is 39.3 Å². The zero-order valence-corrected chi connectivity index (χ0v) is 11.6. The van der Waals surface area contributed by atoms with Crippen LogP contribution in [0.3, 0.4) is 0 Å². The minimum atomic E-state index is -0.741. The van der Waals surface area contributed by atoms with Gasteiger partial charge in [0.25, 0.3) is 0 Å². The monoisotopic (exact) mass is 256 g/mol. The zero-order valence-electron chi connectivity index (χ0n) is 10.8. The van der Waals surface area contributed by atoms with Crippen LogP contribution in [0.4, 0.5) is 11.8 Å². The number of nitrogens with zero attached hydrogens (tertiary/aromatic N) is 2. The Bertz CT molecular complexity index is 397. The van der Waals surface area contributed by atoms with Gasteiger partial charge in [0.1, 0.15) is 5.82 Å². The van der Waals surface area contributed by atoms with Gasteiger partial charge < -0.3 is 10.6 Å². The molecule has 96 valence electrons. The van der Waals surface area contributed by atoms with E-state index >= 15 is 0 Å². The highest BCUT2D eigenvalue weighted by molar-refractivity contribution is 7.84. The summed E-state index contributed by atoms with van der Waals surface area (Å²) in [7, 11) is 1.05. The lowest BCUT2D eigenvalue weighted by atomic mass is 10.2. The van der Waals surface area contributed by atoms with Crippen LogP contribution in [0.15, 0.2) is 6.20 Å². The zero-order chi connectivity index (χ0) is 12.8. The molecule has 0 radical (unpaired) electrons. The van der Waals surface area contributed by atoms with Gasteiger partial charge in [-0.05, 0) is 20.3 Å². The van der Waals surface area contributed by atoms with E-state index < -0.39 is 10.8 Å². The first-order chi connectivity index (χ1) is 8.02. The minimum absolute atomic E-state index is 0.247. The molecule has 5 nitrogen and oxygen atoms in total. The van der Waals surface area contributed by atoms with Gasteiger partial charge in [0.05, 0.1) is 0 Å². The molecule has 1 aromatic rings. The molecule has 1 heterocycles. The second kappa shape index (κ2) is 6.54. The van der Waals surface area contributed by atoms with Gasteiger partial charge in [0, 0.05) is 47.7 Å². The van der Waals surface area contributed by atoms with E-state index in [4.69, 9.17) is 0 Å². The summed E-state index contributed by atoms with van der Waals surface area (Å²) in [5.74, 6) is 2.14. The van der Waals surface area contributed by atoms with E-state index in [9.17, 15) is 4.21 Å². The van der Waals surface area contributed by atoms with Crippen molar-refractivity contribution in [2.75, 3.05) is 29.7 Å². The maximum Gasteiger partial charge on any atom is 0.224 e. The molecule has 2 unspecified atom stereocenters. The first-order valence-corrected chi connectivity index (χ1v) is 7.33. The first kappa shape index (κ1) is 13.9. The molecular formula is C11H20N4OS. The third kappa shape index (κ3) is 4.68. The van der Waals surface area contributed by atoms with E-state index in [2.05, 4.69) is 27.5 Å². The highest BCUT2D eigenvalue weighted by Crippen LogP contribution is 2.14. The van der Waals surface area contributed by atoms with Gasteiger partial charge in [-0.15, -0.1) is 0 Å². The SMILES string of the molecule is CNc1ncc(C)c(NC(C)CCS(C)=O)n1. The fraction of sp³-hybridized carbons (Fsp3) is 0.636. The van der Waals surface area contributed by atoms with Gasteiger partial charge >= 0.3 is 0 Å². The quantitative estimate of drug-likeness (QED) is 0.805. The Balaban J connectivity index is 2.63. The molecule has 0 saturated carbocycles. The molecule has 0 aliphatic rings. The minimum Gasteiger partial charge on any atom is -0.367 e. The van der Waals surface area contributed by atoms with Gasteiger partial charge in [-0.2, -0.15) is 4.98 Å². The molecule has 0 aliphatic heterocycles. The fourth-order valence-corrected chi connectivity index (χ4v) is 2.04. The molecule has 0 aliphatic carbocycles. The Labute approximate surface area is 105 Å². The van der Waals surface area contributed by atoms with Gasteiger partial charge in [0.2, 0.25) is 5.95 Å². The predicted octanol–water partition coefficient (Wildman–Crippen LogP) is 1.40. The Morgan fingerprint density at radius 3 is 2.82 bits per heavy atom. The fourth-order valence-electron chi connectivity index (χ4n) is 1.36. The molecular weight excluding hydrogens is 236 g/mol.